The molecule has 1 amide bonds. The minimum atomic E-state index is -2.25. The number of esters is 1. The van der Waals surface area contributed by atoms with Crippen LogP contribution in [0.1, 0.15) is 92.4 Å². The van der Waals surface area contributed by atoms with Gasteiger partial charge in [-0.05, 0) is 39.5 Å². The number of carbonyl (C=O) groups excluding carboxylic acids is 2. The van der Waals surface area contributed by atoms with E-state index in [0.29, 0.717) is 6.42 Å². The van der Waals surface area contributed by atoms with Crippen LogP contribution in [0.2, 0.25) is 0 Å². The molecular weight excluding hydrogens is 885 g/mol. The van der Waals surface area contributed by atoms with Gasteiger partial charge in [0.2, 0.25) is 5.91 Å². The molecule has 0 aromatic heterocycles. The minimum absolute atomic E-state index is 0.0884. The van der Waals surface area contributed by atoms with Crippen LogP contribution in [0.4, 0.5) is 0 Å². The summed E-state index contributed by atoms with van der Waals surface area (Å²) in [5.41, 5.74) is 6.09. The average molecular weight is 965 g/mol. The number of hydrogen-bond donors (Lipinski definition) is 12. The van der Waals surface area contributed by atoms with Crippen molar-refractivity contribution in [3.8, 4) is 0 Å². The number of allylic oxidation sites excluding steroid dienone is 12. The molecule has 18 nitrogen and oxygen atoms in total. The Morgan fingerprint density at radius 1 is 0.706 bits per heavy atom. The summed E-state index contributed by atoms with van der Waals surface area (Å²) >= 11 is 0. The molecule has 386 valence electrons. The Kier molecular flexibility index (Phi) is 25.7. The number of cyclic esters (lactones) is 1. The molecule has 3 aliphatic rings. The number of fused-ring (bicyclic) bond motifs is 2. The third kappa shape index (κ3) is 19.8. The maximum Gasteiger partial charge on any atom is 0.308 e. The van der Waals surface area contributed by atoms with E-state index in [1.165, 1.54) is 0 Å². The van der Waals surface area contributed by atoms with Gasteiger partial charge in [0, 0.05) is 44.1 Å². The molecule has 3 rings (SSSR count). The standard InChI is InChI=1S/C50H80N2O16/c1-6-23-52-48(63)43-40(58)29-50(64)28-36(55)25-39(57)38(56)22-21-34(53)24-35(54)26-42(59)65-32(4)31(3)45(60)30(2)19-17-15-13-11-9-7-8-10-12-14-16-18-20-37(27-41(43)68-50)67-49-47(62)44(51)46(61)33(5)66-49/h7-20,30-41,43-47,49,53-58,60-62,64H,6,21-29,51H2,1-5H3,(H,52,63)/b8-7+,11-9+,12-10+,15-13+,16-14+,19-17+,20-18+/t30-,31-,32-,33+,34+,35+,36-,37-,38+,39+,40-,41-,43+,44-,45+,46+,47-,49-,50+/m0/s1. The van der Waals surface area contributed by atoms with Gasteiger partial charge in [-0.25, -0.2) is 0 Å². The highest BCUT2D eigenvalue weighted by Gasteiger charge is 2.51. The van der Waals surface area contributed by atoms with Crippen molar-refractivity contribution < 1.29 is 79.6 Å². The van der Waals surface area contributed by atoms with Crippen molar-refractivity contribution in [3.05, 3.63) is 85.1 Å². The van der Waals surface area contributed by atoms with Gasteiger partial charge in [0.15, 0.2) is 12.1 Å². The van der Waals surface area contributed by atoms with Gasteiger partial charge in [-0.3, -0.25) is 9.59 Å². The number of ether oxygens (including phenoxy) is 4. The topological polar surface area (TPSA) is 311 Å². The molecular formula is C50H80N2O16. The fourth-order valence-corrected chi connectivity index (χ4v) is 8.36. The fraction of sp³-hybridized carbons (Fsp3) is 0.680. The number of aliphatic hydroxyl groups is 10. The fourth-order valence-electron chi connectivity index (χ4n) is 8.36. The van der Waals surface area contributed by atoms with Crippen molar-refractivity contribution in [2.45, 2.75) is 190 Å². The normalized spacial score (nSPS) is 44.0. The van der Waals surface area contributed by atoms with E-state index in [1.54, 1.807) is 63.3 Å². The molecule has 3 aliphatic heterocycles. The first kappa shape index (κ1) is 58.9. The van der Waals surface area contributed by atoms with Gasteiger partial charge in [-0.1, -0.05) is 106 Å². The summed E-state index contributed by atoms with van der Waals surface area (Å²) in [6.07, 6.45) is 5.67. The van der Waals surface area contributed by atoms with Gasteiger partial charge in [0.05, 0.1) is 85.5 Å². The molecule has 13 N–H and O–H groups in total. The van der Waals surface area contributed by atoms with Crippen LogP contribution < -0.4 is 11.1 Å². The van der Waals surface area contributed by atoms with Crippen LogP contribution >= 0.6 is 0 Å². The molecule has 0 saturated carbocycles. The molecule has 19 atom stereocenters. The summed E-state index contributed by atoms with van der Waals surface area (Å²) in [6.45, 7) is 8.94. The highest BCUT2D eigenvalue weighted by Crippen LogP contribution is 2.38. The summed E-state index contributed by atoms with van der Waals surface area (Å²) in [4.78, 5) is 26.2. The first-order chi connectivity index (χ1) is 32.2. The molecule has 2 fully saturated rings. The largest absolute Gasteiger partial charge is 0.462 e. The van der Waals surface area contributed by atoms with Crippen LogP contribution in [0.25, 0.3) is 0 Å². The lowest BCUT2D eigenvalue weighted by Gasteiger charge is -2.46. The molecule has 0 aromatic rings. The van der Waals surface area contributed by atoms with E-state index in [2.05, 4.69) is 5.32 Å². The zero-order chi connectivity index (χ0) is 50.6. The Balaban J connectivity index is 1.91. The molecule has 2 saturated heterocycles. The molecule has 2 bridgehead atoms. The van der Waals surface area contributed by atoms with Gasteiger partial charge in [-0.15, -0.1) is 0 Å². The first-order valence-corrected chi connectivity index (χ1v) is 23.9. The molecule has 68 heavy (non-hydrogen) atoms. The maximum atomic E-state index is 13.6. The summed E-state index contributed by atoms with van der Waals surface area (Å²) < 4.78 is 23.7. The number of hydrogen-bond acceptors (Lipinski definition) is 17. The Labute approximate surface area is 400 Å². The van der Waals surface area contributed by atoms with Crippen LogP contribution in [0.5, 0.6) is 0 Å². The van der Waals surface area contributed by atoms with Gasteiger partial charge in [-0.2, -0.15) is 0 Å². The Morgan fingerprint density at radius 3 is 1.90 bits per heavy atom. The van der Waals surface area contributed by atoms with Crippen molar-refractivity contribution in [2.24, 2.45) is 23.5 Å². The number of aliphatic hydroxyl groups excluding tert-OH is 9. The number of carbonyl (C=O) groups is 2. The Hall–Kier alpha value is -3.44. The van der Waals surface area contributed by atoms with E-state index in [9.17, 15) is 60.7 Å². The van der Waals surface area contributed by atoms with E-state index >= 15 is 0 Å². The van der Waals surface area contributed by atoms with Crippen LogP contribution in [-0.4, -0.2) is 167 Å². The average Bonchev–Trinajstić information content (AvgIpc) is 3.26. The molecule has 0 spiro atoms. The maximum absolute atomic E-state index is 13.6. The molecule has 0 aromatic carbocycles. The van der Waals surface area contributed by atoms with Gasteiger partial charge < -0.3 is 81.1 Å². The first-order valence-electron chi connectivity index (χ1n) is 23.9. The third-order valence-corrected chi connectivity index (χ3v) is 12.6. The monoisotopic (exact) mass is 965 g/mol. The highest BCUT2D eigenvalue weighted by atomic mass is 16.7. The van der Waals surface area contributed by atoms with E-state index < -0.39 is 147 Å². The van der Waals surface area contributed by atoms with E-state index in [0.717, 1.165) is 0 Å². The van der Waals surface area contributed by atoms with Crippen LogP contribution in [0, 0.1) is 17.8 Å². The molecule has 0 unspecified atom stereocenters. The SMILES string of the molecule is CCCNC(=O)[C@H]1[C@@H]2C[C@@H](O[C@@H]3O[C@H](C)[C@@H](O)[C@H](N)[C@@H]3O)/C=C/C=C/C=C/C=C/C=C/C=C/C=C/[C@H](C)[C@@H](O)[C@@H](C)[C@H](C)OC(=O)C[C@H](O)C[C@H](O)CC[C@@H](O)[C@H](O)C[C@H](O)C[C@](O)(C[C@@H]1O)O2. The lowest BCUT2D eigenvalue weighted by molar-refractivity contribution is -0.307. The zero-order valence-corrected chi connectivity index (χ0v) is 40.0. The zero-order valence-electron chi connectivity index (χ0n) is 40.0. The second-order valence-corrected chi connectivity index (χ2v) is 18.5. The van der Waals surface area contributed by atoms with E-state index in [4.69, 9.17) is 24.7 Å². The second-order valence-electron chi connectivity index (χ2n) is 18.5. The molecule has 0 aliphatic carbocycles. The third-order valence-electron chi connectivity index (χ3n) is 12.6. The minimum Gasteiger partial charge on any atom is -0.462 e. The Morgan fingerprint density at radius 2 is 1.29 bits per heavy atom. The van der Waals surface area contributed by atoms with E-state index in [1.807, 2.05) is 56.4 Å². The number of nitrogens with one attached hydrogen (secondary N) is 1. The van der Waals surface area contributed by atoms with Crippen molar-refractivity contribution in [1.29, 1.82) is 0 Å². The van der Waals surface area contributed by atoms with Crippen molar-refractivity contribution in [2.75, 3.05) is 6.54 Å². The van der Waals surface area contributed by atoms with Crippen molar-refractivity contribution in [3.63, 3.8) is 0 Å². The smallest absolute Gasteiger partial charge is 0.308 e. The molecule has 0 radical (unpaired) electrons. The van der Waals surface area contributed by atoms with Crippen LogP contribution in [0.15, 0.2) is 85.1 Å². The summed E-state index contributed by atoms with van der Waals surface area (Å²) in [7, 11) is 0. The summed E-state index contributed by atoms with van der Waals surface area (Å²) in [6, 6.07) is -1.12. The molecule has 18 heteroatoms. The predicted molar refractivity (Wildman–Crippen MR) is 253 cm³/mol. The quantitative estimate of drug-likeness (QED) is 0.172. The van der Waals surface area contributed by atoms with Crippen LogP contribution in [0.3, 0.4) is 0 Å². The lowest BCUT2D eigenvalue weighted by Crippen LogP contribution is -2.62. The number of amides is 1. The Bertz CT molecular complexity index is 1720. The van der Waals surface area contributed by atoms with Gasteiger partial charge >= 0.3 is 5.97 Å². The summed E-state index contributed by atoms with van der Waals surface area (Å²) in [5.74, 6) is -5.48. The number of nitrogens with two attached hydrogens (primary N) is 1. The number of rotatable bonds is 5. The van der Waals surface area contributed by atoms with Gasteiger partial charge in [0.1, 0.15) is 12.2 Å². The molecule has 3 heterocycles. The lowest BCUT2D eigenvalue weighted by atomic mass is 9.82. The second kappa shape index (κ2) is 29.7. The predicted octanol–water partition coefficient (Wildman–Crippen LogP) is 1.15. The highest BCUT2D eigenvalue weighted by molar-refractivity contribution is 5.80. The van der Waals surface area contributed by atoms with Gasteiger partial charge in [0.25, 0.3) is 0 Å². The summed E-state index contributed by atoms with van der Waals surface area (Å²) in [5, 5.41) is 112. The van der Waals surface area contributed by atoms with E-state index in [-0.39, 0.29) is 38.1 Å². The van der Waals surface area contributed by atoms with Crippen LogP contribution in [-0.2, 0) is 28.5 Å². The van der Waals surface area contributed by atoms with Crippen molar-refractivity contribution >= 4 is 11.9 Å². The van der Waals surface area contributed by atoms with Crippen molar-refractivity contribution in [1.82, 2.24) is 5.32 Å².